The topological polar surface area (TPSA) is 29.3 Å². The van der Waals surface area contributed by atoms with Crippen molar-refractivity contribution in [2.24, 2.45) is 5.73 Å². The fourth-order valence-corrected chi connectivity index (χ4v) is 2.04. The van der Waals surface area contributed by atoms with Crippen molar-refractivity contribution in [1.82, 2.24) is 0 Å². The van der Waals surface area contributed by atoms with Crippen molar-refractivity contribution in [1.29, 1.82) is 0 Å². The molecule has 2 aromatic carbocycles. The molecule has 0 fully saturated rings. The number of aryl methyl sites for hydroxylation is 1. The number of benzene rings is 2. The third kappa shape index (κ3) is 3.80. The summed E-state index contributed by atoms with van der Waals surface area (Å²) < 4.78 is 13.3. The number of anilines is 1. The Hall–Kier alpha value is -1.87. The van der Waals surface area contributed by atoms with Crippen molar-refractivity contribution in [3.05, 3.63) is 65.5 Å². The van der Waals surface area contributed by atoms with Gasteiger partial charge in [-0.25, -0.2) is 4.39 Å². The Labute approximate surface area is 113 Å². The van der Waals surface area contributed by atoms with Crippen LogP contribution >= 0.6 is 0 Å². The number of nitrogens with zero attached hydrogens (tertiary/aromatic N) is 1. The van der Waals surface area contributed by atoms with Crippen LogP contribution in [0.5, 0.6) is 0 Å². The average molecular weight is 258 g/mol. The van der Waals surface area contributed by atoms with Gasteiger partial charge in [0.15, 0.2) is 0 Å². The Bertz CT molecular complexity index is 523. The molecular weight excluding hydrogens is 239 g/mol. The van der Waals surface area contributed by atoms with Crippen LogP contribution in [0.1, 0.15) is 11.1 Å². The molecular formula is C16H19FN2. The van der Waals surface area contributed by atoms with Gasteiger partial charge in [-0.3, -0.25) is 0 Å². The van der Waals surface area contributed by atoms with E-state index < -0.39 is 0 Å². The van der Waals surface area contributed by atoms with E-state index in [-0.39, 0.29) is 5.82 Å². The SMILES string of the molecule is Cc1ccc(CN(CCN)c2cccc(F)c2)cc1. The van der Waals surface area contributed by atoms with Gasteiger partial charge in [0.25, 0.3) is 0 Å². The van der Waals surface area contributed by atoms with E-state index in [4.69, 9.17) is 5.73 Å². The van der Waals surface area contributed by atoms with Gasteiger partial charge in [-0.15, -0.1) is 0 Å². The fraction of sp³-hybridized carbons (Fsp3) is 0.250. The second kappa shape index (κ2) is 6.34. The van der Waals surface area contributed by atoms with E-state index in [1.807, 2.05) is 6.07 Å². The van der Waals surface area contributed by atoms with Gasteiger partial charge in [-0.2, -0.15) is 0 Å². The minimum absolute atomic E-state index is 0.219. The molecule has 0 spiro atoms. The molecule has 0 heterocycles. The fourth-order valence-electron chi connectivity index (χ4n) is 2.04. The van der Waals surface area contributed by atoms with Crippen LogP contribution < -0.4 is 10.6 Å². The molecule has 0 aromatic heterocycles. The third-order valence-electron chi connectivity index (χ3n) is 3.07. The molecule has 19 heavy (non-hydrogen) atoms. The minimum Gasteiger partial charge on any atom is -0.366 e. The van der Waals surface area contributed by atoms with Crippen LogP contribution in [0.3, 0.4) is 0 Å². The Kier molecular flexibility index (Phi) is 4.53. The molecule has 0 amide bonds. The summed E-state index contributed by atoms with van der Waals surface area (Å²) in [6.45, 7) is 4.05. The second-order valence-electron chi connectivity index (χ2n) is 4.68. The molecule has 2 N–H and O–H groups in total. The van der Waals surface area contributed by atoms with E-state index in [2.05, 4.69) is 36.1 Å². The first-order valence-electron chi connectivity index (χ1n) is 6.45. The average Bonchev–Trinajstić information content (AvgIpc) is 2.41. The largest absolute Gasteiger partial charge is 0.366 e. The Morgan fingerprint density at radius 2 is 1.84 bits per heavy atom. The van der Waals surface area contributed by atoms with E-state index in [9.17, 15) is 4.39 Å². The number of nitrogens with two attached hydrogens (primary N) is 1. The number of hydrogen-bond donors (Lipinski definition) is 1. The Morgan fingerprint density at radius 1 is 1.11 bits per heavy atom. The van der Waals surface area contributed by atoms with Gasteiger partial charge in [0.05, 0.1) is 0 Å². The first-order chi connectivity index (χ1) is 9.19. The first-order valence-corrected chi connectivity index (χ1v) is 6.45. The smallest absolute Gasteiger partial charge is 0.125 e. The molecule has 2 aromatic rings. The molecule has 100 valence electrons. The molecule has 0 saturated carbocycles. The van der Waals surface area contributed by atoms with Crippen molar-refractivity contribution in [2.75, 3.05) is 18.0 Å². The van der Waals surface area contributed by atoms with Gasteiger partial charge in [-0.05, 0) is 30.7 Å². The van der Waals surface area contributed by atoms with Crippen molar-refractivity contribution < 1.29 is 4.39 Å². The lowest BCUT2D eigenvalue weighted by molar-refractivity contribution is 0.626. The maximum atomic E-state index is 13.3. The van der Waals surface area contributed by atoms with E-state index in [0.29, 0.717) is 13.1 Å². The lowest BCUT2D eigenvalue weighted by Crippen LogP contribution is -2.28. The maximum absolute atomic E-state index is 13.3. The summed E-state index contributed by atoms with van der Waals surface area (Å²) in [6, 6.07) is 15.0. The summed E-state index contributed by atoms with van der Waals surface area (Å²) in [4.78, 5) is 2.09. The normalized spacial score (nSPS) is 10.5. The van der Waals surface area contributed by atoms with Crippen LogP contribution in [-0.4, -0.2) is 13.1 Å². The third-order valence-corrected chi connectivity index (χ3v) is 3.07. The lowest BCUT2D eigenvalue weighted by Gasteiger charge is -2.24. The van der Waals surface area contributed by atoms with E-state index >= 15 is 0 Å². The summed E-state index contributed by atoms with van der Waals surface area (Å²) in [5, 5.41) is 0. The molecule has 0 aliphatic heterocycles. The zero-order valence-corrected chi connectivity index (χ0v) is 11.1. The molecule has 0 bridgehead atoms. The summed E-state index contributed by atoms with van der Waals surface area (Å²) in [6.07, 6.45) is 0. The number of halogens is 1. The standard InChI is InChI=1S/C16H19FN2/c1-13-5-7-14(8-6-13)12-19(10-9-18)16-4-2-3-15(17)11-16/h2-8,11H,9-10,12,18H2,1H3. The summed E-state index contributed by atoms with van der Waals surface area (Å²) >= 11 is 0. The predicted octanol–water partition coefficient (Wildman–Crippen LogP) is 3.10. The molecule has 3 heteroatoms. The van der Waals surface area contributed by atoms with E-state index in [0.717, 1.165) is 12.2 Å². The first kappa shape index (κ1) is 13.6. The second-order valence-corrected chi connectivity index (χ2v) is 4.68. The van der Waals surface area contributed by atoms with Gasteiger partial charge in [0.2, 0.25) is 0 Å². The highest BCUT2D eigenvalue weighted by Crippen LogP contribution is 2.18. The highest BCUT2D eigenvalue weighted by atomic mass is 19.1. The van der Waals surface area contributed by atoms with Crippen molar-refractivity contribution in [3.63, 3.8) is 0 Å². The molecule has 0 saturated heterocycles. The molecule has 0 atom stereocenters. The summed E-state index contributed by atoms with van der Waals surface area (Å²) in [5.74, 6) is -0.219. The summed E-state index contributed by atoms with van der Waals surface area (Å²) in [5.41, 5.74) is 8.95. The zero-order chi connectivity index (χ0) is 13.7. The summed E-state index contributed by atoms with van der Waals surface area (Å²) in [7, 11) is 0. The lowest BCUT2D eigenvalue weighted by atomic mass is 10.1. The van der Waals surface area contributed by atoms with E-state index in [1.54, 1.807) is 12.1 Å². The Balaban J connectivity index is 2.18. The van der Waals surface area contributed by atoms with Gasteiger partial charge in [-0.1, -0.05) is 35.9 Å². The van der Waals surface area contributed by atoms with Crippen molar-refractivity contribution in [2.45, 2.75) is 13.5 Å². The van der Waals surface area contributed by atoms with Crippen LogP contribution in [0.2, 0.25) is 0 Å². The van der Waals surface area contributed by atoms with Gasteiger partial charge in [0, 0.05) is 25.3 Å². The molecule has 0 aliphatic carbocycles. The van der Waals surface area contributed by atoms with Crippen LogP contribution in [-0.2, 0) is 6.54 Å². The molecule has 0 aliphatic rings. The van der Waals surface area contributed by atoms with Crippen LogP contribution in [0.25, 0.3) is 0 Å². The number of hydrogen-bond acceptors (Lipinski definition) is 2. The van der Waals surface area contributed by atoms with Crippen LogP contribution in [0, 0.1) is 12.7 Å². The number of rotatable bonds is 5. The maximum Gasteiger partial charge on any atom is 0.125 e. The van der Waals surface area contributed by atoms with Crippen molar-refractivity contribution >= 4 is 5.69 Å². The predicted molar refractivity (Wildman–Crippen MR) is 77.7 cm³/mol. The molecule has 0 radical (unpaired) electrons. The molecule has 2 rings (SSSR count). The quantitative estimate of drug-likeness (QED) is 0.893. The van der Waals surface area contributed by atoms with Gasteiger partial charge < -0.3 is 10.6 Å². The molecule has 0 unspecified atom stereocenters. The van der Waals surface area contributed by atoms with Gasteiger partial charge >= 0.3 is 0 Å². The zero-order valence-electron chi connectivity index (χ0n) is 11.1. The van der Waals surface area contributed by atoms with Crippen LogP contribution in [0.4, 0.5) is 10.1 Å². The van der Waals surface area contributed by atoms with Gasteiger partial charge in [0.1, 0.15) is 5.82 Å². The highest BCUT2D eigenvalue weighted by Gasteiger charge is 2.07. The monoisotopic (exact) mass is 258 g/mol. The minimum atomic E-state index is -0.219. The molecule has 2 nitrogen and oxygen atoms in total. The van der Waals surface area contributed by atoms with Crippen molar-refractivity contribution in [3.8, 4) is 0 Å². The highest BCUT2D eigenvalue weighted by molar-refractivity contribution is 5.47. The Morgan fingerprint density at radius 3 is 2.47 bits per heavy atom. The van der Waals surface area contributed by atoms with Crippen LogP contribution in [0.15, 0.2) is 48.5 Å². The van der Waals surface area contributed by atoms with E-state index in [1.165, 1.54) is 17.2 Å².